The first-order chi connectivity index (χ1) is 12.2. The Morgan fingerprint density at radius 1 is 1.20 bits per heavy atom. The number of hydrogen-bond acceptors (Lipinski definition) is 4. The van der Waals surface area contributed by atoms with Gasteiger partial charge in [-0.1, -0.05) is 24.3 Å². The first-order valence-electron chi connectivity index (χ1n) is 8.83. The van der Waals surface area contributed by atoms with Gasteiger partial charge < -0.3 is 14.8 Å². The van der Waals surface area contributed by atoms with Crippen LogP contribution in [0.4, 0.5) is 0 Å². The molecule has 0 spiro atoms. The highest BCUT2D eigenvalue weighted by molar-refractivity contribution is 5.88. The number of rotatable bonds is 6. The van der Waals surface area contributed by atoms with Crippen molar-refractivity contribution in [2.45, 2.75) is 12.8 Å². The van der Waals surface area contributed by atoms with Crippen molar-refractivity contribution >= 4 is 16.7 Å². The molecule has 3 rings (SSSR count). The van der Waals surface area contributed by atoms with Crippen molar-refractivity contribution in [2.75, 3.05) is 46.5 Å². The van der Waals surface area contributed by atoms with E-state index in [0.29, 0.717) is 6.54 Å². The van der Waals surface area contributed by atoms with Gasteiger partial charge in [-0.25, -0.2) is 0 Å². The van der Waals surface area contributed by atoms with Gasteiger partial charge in [-0.2, -0.15) is 0 Å². The van der Waals surface area contributed by atoms with Crippen LogP contribution in [0.5, 0.6) is 5.75 Å². The largest absolute Gasteiger partial charge is 0.497 e. The van der Waals surface area contributed by atoms with Gasteiger partial charge in [0.15, 0.2) is 0 Å². The van der Waals surface area contributed by atoms with E-state index >= 15 is 0 Å². The monoisotopic (exact) mass is 342 g/mol. The van der Waals surface area contributed by atoms with Crippen LogP contribution in [0.25, 0.3) is 10.8 Å². The van der Waals surface area contributed by atoms with Crippen LogP contribution in [0.3, 0.4) is 0 Å². The van der Waals surface area contributed by atoms with Crippen LogP contribution in [0.2, 0.25) is 0 Å². The number of nitrogens with one attached hydrogen (secondary N) is 1. The number of fused-ring (bicyclic) bond motifs is 1. The minimum atomic E-state index is -0.170. The SMILES string of the molecule is COc1ccc2cc(C(C)C(=O)NCCN3CCOCC3)ccc2c1. The van der Waals surface area contributed by atoms with Crippen molar-refractivity contribution in [1.82, 2.24) is 10.2 Å². The summed E-state index contributed by atoms with van der Waals surface area (Å²) in [6, 6.07) is 12.1. The van der Waals surface area contributed by atoms with E-state index in [1.54, 1.807) is 7.11 Å². The summed E-state index contributed by atoms with van der Waals surface area (Å²) in [5, 5.41) is 5.28. The molecule has 1 aliphatic heterocycles. The van der Waals surface area contributed by atoms with Gasteiger partial charge in [0.1, 0.15) is 5.75 Å². The zero-order valence-corrected chi connectivity index (χ0v) is 15.0. The molecule has 5 nitrogen and oxygen atoms in total. The van der Waals surface area contributed by atoms with Gasteiger partial charge in [-0.15, -0.1) is 0 Å². The van der Waals surface area contributed by atoms with E-state index in [2.05, 4.69) is 16.3 Å². The van der Waals surface area contributed by atoms with E-state index in [4.69, 9.17) is 9.47 Å². The topological polar surface area (TPSA) is 50.8 Å². The van der Waals surface area contributed by atoms with Crippen molar-refractivity contribution in [3.63, 3.8) is 0 Å². The number of ether oxygens (including phenoxy) is 2. The number of benzene rings is 2. The van der Waals surface area contributed by atoms with Crippen molar-refractivity contribution in [1.29, 1.82) is 0 Å². The molecule has 1 amide bonds. The number of nitrogens with zero attached hydrogens (tertiary/aromatic N) is 1. The highest BCUT2D eigenvalue weighted by Gasteiger charge is 2.16. The van der Waals surface area contributed by atoms with E-state index in [-0.39, 0.29) is 11.8 Å². The van der Waals surface area contributed by atoms with E-state index in [1.165, 1.54) is 0 Å². The maximum Gasteiger partial charge on any atom is 0.227 e. The lowest BCUT2D eigenvalue weighted by Gasteiger charge is -2.26. The average molecular weight is 342 g/mol. The molecule has 5 heteroatoms. The predicted octanol–water partition coefficient (Wildman–Crippen LogP) is 2.40. The zero-order valence-electron chi connectivity index (χ0n) is 15.0. The van der Waals surface area contributed by atoms with Gasteiger partial charge in [0.05, 0.1) is 26.2 Å². The molecule has 0 radical (unpaired) electrons. The van der Waals surface area contributed by atoms with Crippen LogP contribution in [0, 0.1) is 0 Å². The summed E-state index contributed by atoms with van der Waals surface area (Å²) in [4.78, 5) is 14.8. The number of carbonyl (C=O) groups is 1. The Labute approximate surface area is 148 Å². The summed E-state index contributed by atoms with van der Waals surface area (Å²) in [5.74, 6) is 0.742. The summed E-state index contributed by atoms with van der Waals surface area (Å²) in [6.07, 6.45) is 0. The average Bonchev–Trinajstić information content (AvgIpc) is 2.67. The minimum absolute atomic E-state index is 0.0705. The van der Waals surface area contributed by atoms with Crippen molar-refractivity contribution in [2.24, 2.45) is 0 Å². The second kappa shape index (κ2) is 8.32. The fourth-order valence-electron chi connectivity index (χ4n) is 3.11. The smallest absolute Gasteiger partial charge is 0.227 e. The van der Waals surface area contributed by atoms with E-state index in [1.807, 2.05) is 37.3 Å². The molecule has 1 atom stereocenters. The molecule has 2 aromatic rings. The number of hydrogen-bond donors (Lipinski definition) is 1. The zero-order chi connectivity index (χ0) is 17.6. The number of methoxy groups -OCH3 is 1. The summed E-state index contributed by atoms with van der Waals surface area (Å²) in [5.41, 5.74) is 1.03. The molecular formula is C20H26N2O3. The fraction of sp³-hybridized carbons (Fsp3) is 0.450. The second-order valence-electron chi connectivity index (χ2n) is 6.44. The number of amides is 1. The molecule has 1 fully saturated rings. The second-order valence-corrected chi connectivity index (χ2v) is 6.44. The maximum atomic E-state index is 12.4. The first kappa shape index (κ1) is 17.7. The molecule has 1 unspecified atom stereocenters. The normalized spacial score (nSPS) is 16.6. The highest BCUT2D eigenvalue weighted by atomic mass is 16.5. The summed E-state index contributed by atoms with van der Waals surface area (Å²) >= 11 is 0. The van der Waals surface area contributed by atoms with Crippen molar-refractivity contribution in [3.8, 4) is 5.75 Å². The predicted molar refractivity (Wildman–Crippen MR) is 99.2 cm³/mol. The van der Waals surface area contributed by atoms with Gasteiger partial charge in [0.2, 0.25) is 5.91 Å². The Bertz CT molecular complexity index is 726. The van der Waals surface area contributed by atoms with Gasteiger partial charge >= 0.3 is 0 Å². The lowest BCUT2D eigenvalue weighted by molar-refractivity contribution is -0.122. The van der Waals surface area contributed by atoms with E-state index in [9.17, 15) is 4.79 Å². The Hall–Kier alpha value is -2.11. The molecular weight excluding hydrogens is 316 g/mol. The van der Waals surface area contributed by atoms with Crippen molar-refractivity contribution in [3.05, 3.63) is 42.0 Å². The van der Waals surface area contributed by atoms with Gasteiger partial charge in [0.25, 0.3) is 0 Å². The van der Waals surface area contributed by atoms with Gasteiger partial charge in [-0.05, 0) is 35.4 Å². The standard InChI is InChI=1S/C20H26N2O3/c1-15(20(23)21-7-8-22-9-11-25-12-10-22)16-3-4-18-14-19(24-2)6-5-17(18)13-16/h3-6,13-15H,7-12H2,1-2H3,(H,21,23). The van der Waals surface area contributed by atoms with Crippen LogP contribution in [0.1, 0.15) is 18.4 Å². The maximum absolute atomic E-state index is 12.4. The Kier molecular flexibility index (Phi) is 5.89. The summed E-state index contributed by atoms with van der Waals surface area (Å²) in [7, 11) is 1.67. The third-order valence-electron chi connectivity index (χ3n) is 4.80. The molecule has 0 bridgehead atoms. The van der Waals surface area contributed by atoms with Crippen LogP contribution in [0.15, 0.2) is 36.4 Å². The number of carbonyl (C=O) groups excluding carboxylic acids is 1. The van der Waals surface area contributed by atoms with Crippen LogP contribution in [-0.4, -0.2) is 57.3 Å². The molecule has 1 saturated heterocycles. The third kappa shape index (κ3) is 4.50. The highest BCUT2D eigenvalue weighted by Crippen LogP contribution is 2.25. The molecule has 1 N–H and O–H groups in total. The molecule has 1 heterocycles. The number of morpholine rings is 1. The molecule has 25 heavy (non-hydrogen) atoms. The minimum Gasteiger partial charge on any atom is -0.497 e. The van der Waals surface area contributed by atoms with Gasteiger partial charge in [0, 0.05) is 26.2 Å². The van der Waals surface area contributed by atoms with Gasteiger partial charge in [-0.3, -0.25) is 9.69 Å². The summed E-state index contributed by atoms with van der Waals surface area (Å²) < 4.78 is 10.6. The third-order valence-corrected chi connectivity index (χ3v) is 4.80. The molecule has 0 aliphatic carbocycles. The van der Waals surface area contributed by atoms with Crippen molar-refractivity contribution < 1.29 is 14.3 Å². The Morgan fingerprint density at radius 3 is 2.68 bits per heavy atom. The van der Waals surface area contributed by atoms with Crippen LogP contribution in [-0.2, 0) is 9.53 Å². The van der Waals surface area contributed by atoms with Crippen LogP contribution < -0.4 is 10.1 Å². The fourth-order valence-corrected chi connectivity index (χ4v) is 3.11. The molecule has 0 saturated carbocycles. The molecule has 2 aromatic carbocycles. The van der Waals surface area contributed by atoms with Crippen LogP contribution >= 0.6 is 0 Å². The Morgan fingerprint density at radius 2 is 1.92 bits per heavy atom. The lowest BCUT2D eigenvalue weighted by Crippen LogP contribution is -2.42. The first-order valence-corrected chi connectivity index (χ1v) is 8.83. The van der Waals surface area contributed by atoms with E-state index in [0.717, 1.165) is 54.9 Å². The quantitative estimate of drug-likeness (QED) is 0.876. The molecule has 134 valence electrons. The Balaban J connectivity index is 1.58. The summed E-state index contributed by atoms with van der Waals surface area (Å²) in [6.45, 7) is 6.96. The molecule has 1 aliphatic rings. The molecule has 0 aromatic heterocycles. The van der Waals surface area contributed by atoms with E-state index < -0.39 is 0 Å². The lowest BCUT2D eigenvalue weighted by atomic mass is 9.97.